The molecular weight excluding hydrogens is 208 g/mol. The van der Waals surface area contributed by atoms with E-state index >= 15 is 0 Å². The van der Waals surface area contributed by atoms with Crippen LogP contribution in [-0.2, 0) is 0 Å². The molecular formula is C12H16O2S. The van der Waals surface area contributed by atoms with E-state index in [-0.39, 0.29) is 5.78 Å². The van der Waals surface area contributed by atoms with Crippen LogP contribution in [0.1, 0.15) is 58.4 Å². The van der Waals surface area contributed by atoms with Gasteiger partial charge in [-0.05, 0) is 18.6 Å². The molecule has 0 bridgehead atoms. The van der Waals surface area contributed by atoms with Gasteiger partial charge >= 0.3 is 0 Å². The maximum absolute atomic E-state index is 11.6. The summed E-state index contributed by atoms with van der Waals surface area (Å²) in [5.41, 5.74) is 0. The Kier molecular flexibility index (Phi) is 5.26. The van der Waals surface area contributed by atoms with Crippen LogP contribution >= 0.6 is 11.3 Å². The number of ketones is 1. The minimum absolute atomic E-state index is 0.171. The Balaban J connectivity index is 2.36. The molecule has 0 aliphatic rings. The highest BCUT2D eigenvalue weighted by Gasteiger charge is 2.08. The molecule has 0 saturated heterocycles. The normalized spacial score (nSPS) is 10.2. The molecule has 0 unspecified atom stereocenters. The van der Waals surface area contributed by atoms with E-state index in [1.165, 1.54) is 24.2 Å². The summed E-state index contributed by atoms with van der Waals surface area (Å²) in [4.78, 5) is 23.4. The summed E-state index contributed by atoms with van der Waals surface area (Å²) in [7, 11) is 0. The molecule has 1 rings (SSSR count). The van der Waals surface area contributed by atoms with Gasteiger partial charge in [0.2, 0.25) is 0 Å². The minimum atomic E-state index is 0.171. The van der Waals surface area contributed by atoms with Crippen LogP contribution in [0, 0.1) is 0 Å². The summed E-state index contributed by atoms with van der Waals surface area (Å²) < 4.78 is 0. The van der Waals surface area contributed by atoms with Crippen molar-refractivity contribution in [2.75, 3.05) is 0 Å². The Morgan fingerprint density at radius 3 is 2.73 bits per heavy atom. The number of aldehydes is 1. The van der Waals surface area contributed by atoms with Crippen molar-refractivity contribution < 1.29 is 9.59 Å². The Bertz CT molecular complexity index is 328. The van der Waals surface area contributed by atoms with Crippen LogP contribution in [0.2, 0.25) is 0 Å². The lowest BCUT2D eigenvalue weighted by atomic mass is 10.1. The molecule has 0 N–H and O–H groups in total. The summed E-state index contributed by atoms with van der Waals surface area (Å²) in [6.07, 6.45) is 5.85. The first-order valence-electron chi connectivity index (χ1n) is 5.36. The molecule has 2 nitrogen and oxygen atoms in total. The fraction of sp³-hybridized carbons (Fsp3) is 0.500. The van der Waals surface area contributed by atoms with Gasteiger partial charge in [-0.2, -0.15) is 0 Å². The molecule has 1 aromatic rings. The Labute approximate surface area is 94.3 Å². The third-order valence-electron chi connectivity index (χ3n) is 2.28. The van der Waals surface area contributed by atoms with Crippen LogP contribution in [0.5, 0.6) is 0 Å². The van der Waals surface area contributed by atoms with Gasteiger partial charge in [0.15, 0.2) is 12.1 Å². The zero-order valence-electron chi connectivity index (χ0n) is 8.99. The van der Waals surface area contributed by atoms with Crippen LogP contribution in [0.4, 0.5) is 0 Å². The number of unbranched alkanes of at least 4 members (excludes halogenated alkanes) is 3. The van der Waals surface area contributed by atoms with E-state index < -0.39 is 0 Å². The molecule has 0 aromatic carbocycles. The van der Waals surface area contributed by atoms with Gasteiger partial charge in [0.05, 0.1) is 9.75 Å². The average molecular weight is 224 g/mol. The second kappa shape index (κ2) is 6.51. The first-order valence-corrected chi connectivity index (χ1v) is 6.17. The molecule has 0 fully saturated rings. The first-order chi connectivity index (χ1) is 7.27. The quantitative estimate of drug-likeness (QED) is 0.402. The van der Waals surface area contributed by atoms with Gasteiger partial charge in [0.25, 0.3) is 0 Å². The highest BCUT2D eigenvalue weighted by Crippen LogP contribution is 2.17. The number of thiophene rings is 1. The standard InChI is InChI=1S/C12H16O2S/c1-2-3-4-5-6-11(14)12-8-7-10(9-13)15-12/h7-9H,2-6H2,1H3. The van der Waals surface area contributed by atoms with Crippen molar-refractivity contribution in [3.05, 3.63) is 21.9 Å². The number of hydrogen-bond acceptors (Lipinski definition) is 3. The van der Waals surface area contributed by atoms with E-state index in [1.54, 1.807) is 12.1 Å². The first kappa shape index (κ1) is 12.1. The summed E-state index contributed by atoms with van der Waals surface area (Å²) in [5, 5.41) is 0. The van der Waals surface area contributed by atoms with E-state index in [9.17, 15) is 9.59 Å². The summed E-state index contributed by atoms with van der Waals surface area (Å²) >= 11 is 1.29. The Hall–Kier alpha value is -0.960. The van der Waals surface area contributed by atoms with Gasteiger partial charge in [0, 0.05) is 6.42 Å². The monoisotopic (exact) mass is 224 g/mol. The van der Waals surface area contributed by atoms with E-state index in [0.717, 1.165) is 19.1 Å². The van der Waals surface area contributed by atoms with Crippen LogP contribution in [-0.4, -0.2) is 12.1 Å². The highest BCUT2D eigenvalue weighted by atomic mass is 32.1. The second-order valence-corrected chi connectivity index (χ2v) is 4.67. The van der Waals surface area contributed by atoms with Crippen molar-refractivity contribution in [2.24, 2.45) is 0 Å². The molecule has 0 radical (unpaired) electrons. The molecule has 3 heteroatoms. The van der Waals surface area contributed by atoms with Crippen LogP contribution < -0.4 is 0 Å². The summed E-state index contributed by atoms with van der Waals surface area (Å²) in [6, 6.07) is 3.45. The molecule has 1 aromatic heterocycles. The van der Waals surface area contributed by atoms with Crippen molar-refractivity contribution in [2.45, 2.75) is 39.0 Å². The van der Waals surface area contributed by atoms with Crippen molar-refractivity contribution >= 4 is 23.4 Å². The van der Waals surface area contributed by atoms with E-state index in [1.807, 2.05) is 0 Å². The summed E-state index contributed by atoms with van der Waals surface area (Å²) in [6.45, 7) is 2.15. The number of hydrogen-bond donors (Lipinski definition) is 0. The SMILES string of the molecule is CCCCCCC(=O)c1ccc(C=O)s1. The fourth-order valence-electron chi connectivity index (χ4n) is 1.40. The van der Waals surface area contributed by atoms with Gasteiger partial charge in [-0.15, -0.1) is 11.3 Å². The summed E-state index contributed by atoms with van der Waals surface area (Å²) in [5.74, 6) is 0.171. The number of carbonyl (C=O) groups is 2. The molecule has 0 aliphatic carbocycles. The smallest absolute Gasteiger partial charge is 0.172 e. The predicted octanol–water partition coefficient (Wildman–Crippen LogP) is 3.71. The third kappa shape index (κ3) is 3.96. The maximum atomic E-state index is 11.6. The predicted molar refractivity (Wildman–Crippen MR) is 62.8 cm³/mol. The van der Waals surface area contributed by atoms with Gasteiger partial charge in [-0.25, -0.2) is 0 Å². The topological polar surface area (TPSA) is 34.1 Å². The van der Waals surface area contributed by atoms with Crippen LogP contribution in [0.15, 0.2) is 12.1 Å². The molecule has 0 spiro atoms. The van der Waals surface area contributed by atoms with Crippen molar-refractivity contribution in [1.82, 2.24) is 0 Å². The third-order valence-corrected chi connectivity index (χ3v) is 3.33. The Morgan fingerprint density at radius 2 is 2.13 bits per heavy atom. The molecule has 0 aliphatic heterocycles. The lowest BCUT2D eigenvalue weighted by molar-refractivity contribution is 0.0983. The van der Waals surface area contributed by atoms with E-state index in [0.29, 0.717) is 16.2 Å². The Morgan fingerprint density at radius 1 is 1.33 bits per heavy atom. The zero-order chi connectivity index (χ0) is 11.1. The number of Topliss-reactive ketones (excluding diaryl/α,β-unsaturated/α-hetero) is 1. The van der Waals surface area contributed by atoms with Gasteiger partial charge in [-0.1, -0.05) is 26.2 Å². The van der Waals surface area contributed by atoms with Crippen molar-refractivity contribution in [3.8, 4) is 0 Å². The zero-order valence-corrected chi connectivity index (χ0v) is 9.81. The minimum Gasteiger partial charge on any atom is -0.297 e. The second-order valence-electron chi connectivity index (χ2n) is 3.55. The van der Waals surface area contributed by atoms with Gasteiger partial charge < -0.3 is 0 Å². The molecule has 0 atom stereocenters. The van der Waals surface area contributed by atoms with Crippen molar-refractivity contribution in [3.63, 3.8) is 0 Å². The van der Waals surface area contributed by atoms with Crippen LogP contribution in [0.25, 0.3) is 0 Å². The molecule has 82 valence electrons. The lowest BCUT2D eigenvalue weighted by Gasteiger charge is -1.97. The lowest BCUT2D eigenvalue weighted by Crippen LogP contribution is -1.95. The van der Waals surface area contributed by atoms with Crippen LogP contribution in [0.3, 0.4) is 0 Å². The van der Waals surface area contributed by atoms with Crippen molar-refractivity contribution in [1.29, 1.82) is 0 Å². The largest absolute Gasteiger partial charge is 0.297 e. The average Bonchev–Trinajstić information content (AvgIpc) is 2.72. The number of rotatable bonds is 7. The fourth-order valence-corrected chi connectivity index (χ4v) is 2.19. The molecule has 0 saturated carbocycles. The molecule has 0 amide bonds. The van der Waals surface area contributed by atoms with E-state index in [2.05, 4.69) is 6.92 Å². The number of carbonyl (C=O) groups excluding carboxylic acids is 2. The highest BCUT2D eigenvalue weighted by molar-refractivity contribution is 7.15. The maximum Gasteiger partial charge on any atom is 0.172 e. The van der Waals surface area contributed by atoms with Gasteiger partial charge in [-0.3, -0.25) is 9.59 Å². The van der Waals surface area contributed by atoms with Gasteiger partial charge in [0.1, 0.15) is 0 Å². The molecule has 1 heterocycles. The molecule has 15 heavy (non-hydrogen) atoms. The van der Waals surface area contributed by atoms with E-state index in [4.69, 9.17) is 0 Å².